The number of benzene rings is 1. The minimum atomic E-state index is 0.538. The molecule has 1 aliphatic heterocycles. The van der Waals surface area contributed by atoms with Gasteiger partial charge in [-0.15, -0.1) is 0 Å². The average Bonchev–Trinajstić information content (AvgIpc) is 3.02. The molecule has 106 valence electrons. The Labute approximate surface area is 120 Å². The van der Waals surface area contributed by atoms with Crippen LogP contribution >= 0.6 is 0 Å². The SMILES string of the molecule is CC[C@H]1COCCN1Cc1cccc(-c2ccco2)c1. The highest BCUT2D eigenvalue weighted by Gasteiger charge is 2.21. The Hall–Kier alpha value is -1.58. The van der Waals surface area contributed by atoms with E-state index in [1.807, 2.05) is 12.1 Å². The van der Waals surface area contributed by atoms with Gasteiger partial charge in [-0.3, -0.25) is 4.90 Å². The van der Waals surface area contributed by atoms with Crippen molar-refractivity contribution in [2.75, 3.05) is 19.8 Å². The Kier molecular flexibility index (Phi) is 4.19. The second-order valence-corrected chi connectivity index (χ2v) is 5.29. The van der Waals surface area contributed by atoms with Crippen molar-refractivity contribution in [1.29, 1.82) is 0 Å². The van der Waals surface area contributed by atoms with E-state index in [4.69, 9.17) is 9.15 Å². The summed E-state index contributed by atoms with van der Waals surface area (Å²) in [6, 6.07) is 13.1. The molecule has 0 amide bonds. The average molecular weight is 271 g/mol. The van der Waals surface area contributed by atoms with E-state index >= 15 is 0 Å². The summed E-state index contributed by atoms with van der Waals surface area (Å²) >= 11 is 0. The molecule has 3 rings (SSSR count). The first-order chi connectivity index (χ1) is 9.86. The van der Waals surface area contributed by atoms with Crippen LogP contribution in [0, 0.1) is 0 Å². The van der Waals surface area contributed by atoms with E-state index in [2.05, 4.69) is 36.1 Å². The fourth-order valence-electron chi connectivity index (χ4n) is 2.77. The number of furan rings is 1. The third-order valence-corrected chi connectivity index (χ3v) is 3.94. The summed E-state index contributed by atoms with van der Waals surface area (Å²) in [6.07, 6.45) is 2.86. The van der Waals surface area contributed by atoms with Crippen molar-refractivity contribution >= 4 is 0 Å². The monoisotopic (exact) mass is 271 g/mol. The maximum atomic E-state index is 5.57. The highest BCUT2D eigenvalue weighted by atomic mass is 16.5. The summed E-state index contributed by atoms with van der Waals surface area (Å²) < 4.78 is 11.0. The molecule has 1 saturated heterocycles. The Morgan fingerprint density at radius 2 is 2.20 bits per heavy atom. The van der Waals surface area contributed by atoms with Crippen LogP contribution in [0.25, 0.3) is 11.3 Å². The van der Waals surface area contributed by atoms with E-state index in [1.54, 1.807) is 6.26 Å². The van der Waals surface area contributed by atoms with E-state index in [9.17, 15) is 0 Å². The van der Waals surface area contributed by atoms with E-state index < -0.39 is 0 Å². The van der Waals surface area contributed by atoms with E-state index in [0.717, 1.165) is 44.0 Å². The van der Waals surface area contributed by atoms with Crippen molar-refractivity contribution in [3.05, 3.63) is 48.2 Å². The lowest BCUT2D eigenvalue weighted by molar-refractivity contribution is -0.0127. The van der Waals surface area contributed by atoms with Crippen LogP contribution in [0.5, 0.6) is 0 Å². The molecule has 0 saturated carbocycles. The van der Waals surface area contributed by atoms with Crippen LogP contribution in [-0.2, 0) is 11.3 Å². The summed E-state index contributed by atoms with van der Waals surface area (Å²) in [6.45, 7) is 5.92. The maximum absolute atomic E-state index is 5.57. The third kappa shape index (κ3) is 2.94. The lowest BCUT2D eigenvalue weighted by atomic mass is 10.1. The van der Waals surface area contributed by atoms with Crippen LogP contribution < -0.4 is 0 Å². The number of ether oxygens (including phenoxy) is 1. The van der Waals surface area contributed by atoms with Gasteiger partial charge in [-0.05, 0) is 30.2 Å². The van der Waals surface area contributed by atoms with Gasteiger partial charge in [0.05, 0.1) is 19.5 Å². The highest BCUT2D eigenvalue weighted by molar-refractivity contribution is 5.58. The molecule has 2 aromatic rings. The van der Waals surface area contributed by atoms with Gasteiger partial charge in [0.25, 0.3) is 0 Å². The zero-order valence-corrected chi connectivity index (χ0v) is 11.9. The van der Waals surface area contributed by atoms with Crippen molar-refractivity contribution < 1.29 is 9.15 Å². The van der Waals surface area contributed by atoms with E-state index in [1.165, 1.54) is 5.56 Å². The minimum Gasteiger partial charge on any atom is -0.464 e. The molecule has 2 heterocycles. The molecule has 0 aliphatic carbocycles. The Morgan fingerprint density at radius 1 is 1.25 bits per heavy atom. The van der Waals surface area contributed by atoms with Crippen molar-refractivity contribution in [1.82, 2.24) is 4.90 Å². The summed E-state index contributed by atoms with van der Waals surface area (Å²) in [7, 11) is 0. The molecule has 0 bridgehead atoms. The third-order valence-electron chi connectivity index (χ3n) is 3.94. The van der Waals surface area contributed by atoms with Gasteiger partial charge in [-0.25, -0.2) is 0 Å². The summed E-state index contributed by atoms with van der Waals surface area (Å²) in [5.74, 6) is 0.931. The topological polar surface area (TPSA) is 25.6 Å². The molecule has 1 atom stereocenters. The number of hydrogen-bond acceptors (Lipinski definition) is 3. The van der Waals surface area contributed by atoms with Crippen molar-refractivity contribution in [2.45, 2.75) is 25.9 Å². The fraction of sp³-hybridized carbons (Fsp3) is 0.412. The molecule has 1 fully saturated rings. The molecule has 0 unspecified atom stereocenters. The quantitative estimate of drug-likeness (QED) is 0.850. The molecular formula is C17H21NO2. The first kappa shape index (κ1) is 13.4. The summed E-state index contributed by atoms with van der Waals surface area (Å²) in [4.78, 5) is 2.52. The van der Waals surface area contributed by atoms with Gasteiger partial charge in [0.1, 0.15) is 5.76 Å². The largest absolute Gasteiger partial charge is 0.464 e. The van der Waals surface area contributed by atoms with Gasteiger partial charge in [-0.2, -0.15) is 0 Å². The second kappa shape index (κ2) is 6.25. The Balaban J connectivity index is 1.75. The summed E-state index contributed by atoms with van der Waals surface area (Å²) in [5.41, 5.74) is 2.48. The predicted octanol–water partition coefficient (Wildman–Crippen LogP) is 3.56. The molecule has 0 N–H and O–H groups in total. The van der Waals surface area contributed by atoms with E-state index in [-0.39, 0.29) is 0 Å². The van der Waals surface area contributed by atoms with Crippen LogP contribution in [0.1, 0.15) is 18.9 Å². The van der Waals surface area contributed by atoms with Crippen LogP contribution in [0.15, 0.2) is 47.1 Å². The predicted molar refractivity (Wildman–Crippen MR) is 79.5 cm³/mol. The van der Waals surface area contributed by atoms with Gasteiger partial charge >= 0.3 is 0 Å². The first-order valence-corrected chi connectivity index (χ1v) is 7.31. The molecule has 0 spiro atoms. The lowest BCUT2D eigenvalue weighted by Crippen LogP contribution is -2.44. The lowest BCUT2D eigenvalue weighted by Gasteiger charge is -2.35. The Morgan fingerprint density at radius 3 is 3.00 bits per heavy atom. The number of hydrogen-bond donors (Lipinski definition) is 0. The normalized spacial score (nSPS) is 20.1. The molecular weight excluding hydrogens is 250 g/mol. The Bertz CT molecular complexity index is 536. The standard InChI is InChI=1S/C17H21NO2/c1-2-16-13-19-10-8-18(16)12-14-5-3-6-15(11-14)17-7-4-9-20-17/h3-7,9,11,16H,2,8,10,12-13H2,1H3/t16-/m0/s1. The first-order valence-electron chi connectivity index (χ1n) is 7.31. The van der Waals surface area contributed by atoms with Gasteiger partial charge in [0.2, 0.25) is 0 Å². The minimum absolute atomic E-state index is 0.538. The maximum Gasteiger partial charge on any atom is 0.133 e. The van der Waals surface area contributed by atoms with Crippen LogP contribution in [0.2, 0.25) is 0 Å². The smallest absolute Gasteiger partial charge is 0.133 e. The second-order valence-electron chi connectivity index (χ2n) is 5.29. The number of nitrogens with zero attached hydrogens (tertiary/aromatic N) is 1. The zero-order valence-electron chi connectivity index (χ0n) is 11.9. The van der Waals surface area contributed by atoms with Crippen molar-refractivity contribution in [3.8, 4) is 11.3 Å². The van der Waals surface area contributed by atoms with Gasteiger partial charge < -0.3 is 9.15 Å². The molecule has 1 aromatic carbocycles. The molecule has 3 heteroatoms. The van der Waals surface area contributed by atoms with Crippen LogP contribution in [0.4, 0.5) is 0 Å². The number of rotatable bonds is 4. The van der Waals surface area contributed by atoms with Gasteiger partial charge in [0.15, 0.2) is 0 Å². The molecule has 3 nitrogen and oxygen atoms in total. The molecule has 20 heavy (non-hydrogen) atoms. The van der Waals surface area contributed by atoms with Crippen LogP contribution in [0.3, 0.4) is 0 Å². The van der Waals surface area contributed by atoms with Crippen LogP contribution in [-0.4, -0.2) is 30.7 Å². The van der Waals surface area contributed by atoms with Crippen molar-refractivity contribution in [2.24, 2.45) is 0 Å². The van der Waals surface area contributed by atoms with Crippen molar-refractivity contribution in [3.63, 3.8) is 0 Å². The summed E-state index contributed by atoms with van der Waals surface area (Å²) in [5, 5.41) is 0. The van der Waals surface area contributed by atoms with Gasteiger partial charge in [-0.1, -0.05) is 25.1 Å². The molecule has 1 aromatic heterocycles. The van der Waals surface area contributed by atoms with Gasteiger partial charge in [0, 0.05) is 24.7 Å². The zero-order chi connectivity index (χ0) is 13.8. The number of morpholine rings is 1. The van der Waals surface area contributed by atoms with E-state index in [0.29, 0.717) is 6.04 Å². The molecule has 1 aliphatic rings. The molecule has 0 radical (unpaired) electrons. The highest BCUT2D eigenvalue weighted by Crippen LogP contribution is 2.22. The fourth-order valence-corrected chi connectivity index (χ4v) is 2.77.